The lowest BCUT2D eigenvalue weighted by Gasteiger charge is -2.15. The van der Waals surface area contributed by atoms with E-state index in [-0.39, 0.29) is 0 Å². The van der Waals surface area contributed by atoms with Gasteiger partial charge in [-0.1, -0.05) is 36.9 Å². The molecule has 86 valence electrons. The zero-order valence-electron chi connectivity index (χ0n) is 9.60. The van der Waals surface area contributed by atoms with Gasteiger partial charge in [0.05, 0.1) is 6.61 Å². The molecule has 0 spiro atoms. The SMILES string of the molecule is C=C1OC(C)(C)O[C@H]1OCc1ccccc1. The van der Waals surface area contributed by atoms with Crippen LogP contribution >= 0.6 is 0 Å². The fourth-order valence-electron chi connectivity index (χ4n) is 1.58. The molecule has 0 bridgehead atoms. The molecule has 1 atom stereocenters. The zero-order valence-corrected chi connectivity index (χ0v) is 9.60. The fourth-order valence-corrected chi connectivity index (χ4v) is 1.58. The van der Waals surface area contributed by atoms with Crippen molar-refractivity contribution in [3.8, 4) is 0 Å². The Balaban J connectivity index is 1.90. The van der Waals surface area contributed by atoms with Crippen molar-refractivity contribution in [3.05, 3.63) is 48.2 Å². The Labute approximate surface area is 95.6 Å². The molecule has 3 heteroatoms. The summed E-state index contributed by atoms with van der Waals surface area (Å²) in [6.45, 7) is 7.94. The molecule has 2 rings (SSSR count). The van der Waals surface area contributed by atoms with Crippen LogP contribution in [0.2, 0.25) is 0 Å². The minimum absolute atomic E-state index is 0.477. The molecule has 3 nitrogen and oxygen atoms in total. The predicted molar refractivity (Wildman–Crippen MR) is 60.4 cm³/mol. The van der Waals surface area contributed by atoms with E-state index in [1.165, 1.54) is 0 Å². The highest BCUT2D eigenvalue weighted by atomic mass is 16.8. The van der Waals surface area contributed by atoms with Crippen molar-refractivity contribution >= 4 is 0 Å². The number of rotatable bonds is 3. The first-order valence-electron chi connectivity index (χ1n) is 5.28. The van der Waals surface area contributed by atoms with Crippen molar-refractivity contribution in [2.75, 3.05) is 0 Å². The first kappa shape index (κ1) is 11.2. The van der Waals surface area contributed by atoms with Gasteiger partial charge in [0.25, 0.3) is 0 Å². The molecule has 1 aliphatic rings. The van der Waals surface area contributed by atoms with Crippen LogP contribution in [-0.4, -0.2) is 12.1 Å². The van der Waals surface area contributed by atoms with Crippen molar-refractivity contribution in [3.63, 3.8) is 0 Å². The quantitative estimate of drug-likeness (QED) is 0.784. The smallest absolute Gasteiger partial charge is 0.220 e. The first-order chi connectivity index (χ1) is 7.57. The van der Waals surface area contributed by atoms with E-state index in [2.05, 4.69) is 6.58 Å². The maximum absolute atomic E-state index is 5.59. The second-order valence-corrected chi connectivity index (χ2v) is 4.21. The summed E-state index contributed by atoms with van der Waals surface area (Å²) in [7, 11) is 0. The van der Waals surface area contributed by atoms with Gasteiger partial charge in [-0.3, -0.25) is 0 Å². The normalized spacial score (nSPS) is 23.1. The molecule has 0 aliphatic carbocycles. The summed E-state index contributed by atoms with van der Waals surface area (Å²) in [5.74, 6) is -0.112. The van der Waals surface area contributed by atoms with E-state index in [1.807, 2.05) is 44.2 Å². The summed E-state index contributed by atoms with van der Waals surface area (Å²) in [5, 5.41) is 0. The fraction of sp³-hybridized carbons (Fsp3) is 0.385. The van der Waals surface area contributed by atoms with Crippen LogP contribution in [0.5, 0.6) is 0 Å². The molecule has 0 N–H and O–H groups in total. The maximum atomic E-state index is 5.59. The van der Waals surface area contributed by atoms with Gasteiger partial charge in [0, 0.05) is 13.8 Å². The topological polar surface area (TPSA) is 27.7 Å². The van der Waals surface area contributed by atoms with Gasteiger partial charge in [-0.05, 0) is 5.56 Å². The van der Waals surface area contributed by atoms with Crippen molar-refractivity contribution in [1.29, 1.82) is 0 Å². The number of hydrogen-bond donors (Lipinski definition) is 0. The predicted octanol–water partition coefficient (Wildman–Crippen LogP) is 2.83. The number of hydrogen-bond acceptors (Lipinski definition) is 3. The lowest BCUT2D eigenvalue weighted by Crippen LogP contribution is -2.22. The van der Waals surface area contributed by atoms with Crippen LogP contribution in [0.4, 0.5) is 0 Å². The van der Waals surface area contributed by atoms with Crippen LogP contribution in [0.25, 0.3) is 0 Å². The molecule has 1 aromatic rings. The lowest BCUT2D eigenvalue weighted by molar-refractivity contribution is -0.193. The lowest BCUT2D eigenvalue weighted by atomic mass is 10.2. The molecule has 1 heterocycles. The van der Waals surface area contributed by atoms with E-state index in [1.54, 1.807) is 0 Å². The maximum Gasteiger partial charge on any atom is 0.220 e. The van der Waals surface area contributed by atoms with Crippen molar-refractivity contribution in [1.82, 2.24) is 0 Å². The van der Waals surface area contributed by atoms with E-state index >= 15 is 0 Å². The van der Waals surface area contributed by atoms with Gasteiger partial charge in [0.2, 0.25) is 12.1 Å². The Morgan fingerprint density at radius 2 is 2.00 bits per heavy atom. The highest BCUT2D eigenvalue weighted by Gasteiger charge is 2.37. The van der Waals surface area contributed by atoms with E-state index in [0.717, 1.165) is 5.56 Å². The van der Waals surface area contributed by atoms with Crippen molar-refractivity contribution < 1.29 is 14.2 Å². The number of benzene rings is 1. The summed E-state index contributed by atoms with van der Waals surface area (Å²) in [5.41, 5.74) is 1.10. The molecular weight excluding hydrogens is 204 g/mol. The van der Waals surface area contributed by atoms with Gasteiger partial charge in [-0.2, -0.15) is 0 Å². The van der Waals surface area contributed by atoms with Crippen molar-refractivity contribution in [2.45, 2.75) is 32.5 Å². The van der Waals surface area contributed by atoms with Crippen LogP contribution in [0.3, 0.4) is 0 Å². The summed E-state index contributed by atoms with van der Waals surface area (Å²) < 4.78 is 16.5. The van der Waals surface area contributed by atoms with Gasteiger partial charge in [-0.25, -0.2) is 0 Å². The van der Waals surface area contributed by atoms with Gasteiger partial charge in [-0.15, -0.1) is 0 Å². The Hall–Kier alpha value is -1.32. The van der Waals surface area contributed by atoms with E-state index in [0.29, 0.717) is 12.4 Å². The van der Waals surface area contributed by atoms with Crippen LogP contribution in [0.15, 0.2) is 42.7 Å². The molecule has 0 saturated carbocycles. The Morgan fingerprint density at radius 3 is 2.56 bits per heavy atom. The van der Waals surface area contributed by atoms with Crippen molar-refractivity contribution in [2.24, 2.45) is 0 Å². The van der Waals surface area contributed by atoms with Gasteiger partial charge < -0.3 is 14.2 Å². The highest BCUT2D eigenvalue weighted by Crippen LogP contribution is 2.30. The van der Waals surface area contributed by atoms with Crippen LogP contribution < -0.4 is 0 Å². The summed E-state index contributed by atoms with van der Waals surface area (Å²) in [6.07, 6.45) is -0.477. The van der Waals surface area contributed by atoms with Crippen LogP contribution in [0, 0.1) is 0 Å². The molecule has 0 aromatic heterocycles. The zero-order chi connectivity index (χ0) is 11.6. The van der Waals surface area contributed by atoms with E-state index in [9.17, 15) is 0 Å². The third kappa shape index (κ3) is 2.62. The summed E-state index contributed by atoms with van der Waals surface area (Å²) >= 11 is 0. The standard InChI is InChI=1S/C13H16O3/c1-10-12(16-13(2,3)15-10)14-9-11-7-5-4-6-8-11/h4-8,12H,1,9H2,2-3H3/t12-/m1/s1. The Kier molecular flexibility index (Phi) is 2.99. The average molecular weight is 220 g/mol. The molecule has 0 radical (unpaired) electrons. The van der Waals surface area contributed by atoms with E-state index < -0.39 is 12.1 Å². The largest absolute Gasteiger partial charge is 0.462 e. The van der Waals surface area contributed by atoms with E-state index in [4.69, 9.17) is 14.2 Å². The van der Waals surface area contributed by atoms with Gasteiger partial charge in [0.15, 0.2) is 0 Å². The van der Waals surface area contributed by atoms with Gasteiger partial charge >= 0.3 is 0 Å². The highest BCUT2D eigenvalue weighted by molar-refractivity contribution is 5.13. The third-order valence-corrected chi connectivity index (χ3v) is 2.27. The second kappa shape index (κ2) is 4.28. The molecule has 16 heavy (non-hydrogen) atoms. The Bertz CT molecular complexity index is 370. The molecule has 1 fully saturated rings. The molecule has 1 saturated heterocycles. The van der Waals surface area contributed by atoms with Crippen LogP contribution in [0.1, 0.15) is 19.4 Å². The molecule has 1 aliphatic heterocycles. The minimum Gasteiger partial charge on any atom is -0.462 e. The Morgan fingerprint density at radius 1 is 1.31 bits per heavy atom. The molecule has 1 aromatic carbocycles. The molecule has 0 amide bonds. The van der Waals surface area contributed by atoms with Gasteiger partial charge in [0.1, 0.15) is 5.76 Å². The summed E-state index contributed by atoms with van der Waals surface area (Å²) in [4.78, 5) is 0. The number of ether oxygens (including phenoxy) is 3. The minimum atomic E-state index is -0.640. The summed E-state index contributed by atoms with van der Waals surface area (Å²) in [6, 6.07) is 9.93. The first-order valence-corrected chi connectivity index (χ1v) is 5.28. The monoisotopic (exact) mass is 220 g/mol. The average Bonchev–Trinajstić information content (AvgIpc) is 2.50. The molecular formula is C13H16O3. The van der Waals surface area contributed by atoms with Crippen LogP contribution in [-0.2, 0) is 20.8 Å². The third-order valence-electron chi connectivity index (χ3n) is 2.27. The molecule has 0 unspecified atom stereocenters. The second-order valence-electron chi connectivity index (χ2n) is 4.21.